The average Bonchev–Trinajstić information content (AvgIpc) is 3.18. The predicted octanol–water partition coefficient (Wildman–Crippen LogP) is 6.62. The Kier molecular flexibility index (Phi) is 14.7. The average molecular weight is 977 g/mol. The lowest BCUT2D eigenvalue weighted by atomic mass is 9.13. The monoisotopic (exact) mass is 976 g/mol. The summed E-state index contributed by atoms with van der Waals surface area (Å²) < 4.78 is 143. The summed E-state index contributed by atoms with van der Waals surface area (Å²) in [6.07, 6.45) is -3.59. The van der Waals surface area contributed by atoms with Gasteiger partial charge in [-0.3, -0.25) is 0 Å². The molecule has 0 heterocycles. The van der Waals surface area contributed by atoms with E-state index in [-0.39, 0.29) is 32.0 Å². The third kappa shape index (κ3) is 9.85. The van der Waals surface area contributed by atoms with Crippen molar-refractivity contribution < 1.29 is 75.3 Å². The first-order valence-corrected chi connectivity index (χ1v) is 21.4. The second-order valence-corrected chi connectivity index (χ2v) is 19.6. The first-order valence-electron chi connectivity index (χ1n) is 19.3. The van der Waals surface area contributed by atoms with Crippen LogP contribution in [-0.4, -0.2) is 34.6 Å². The van der Waals surface area contributed by atoms with Crippen LogP contribution in [0.25, 0.3) is 0 Å². The second-order valence-electron chi connectivity index (χ2n) is 16.5. The molecule has 0 amide bonds. The van der Waals surface area contributed by atoms with Gasteiger partial charge in [0, 0.05) is 0 Å². The van der Waals surface area contributed by atoms with Gasteiger partial charge in [-0.15, -0.1) is 0 Å². The molecule has 0 N–H and O–H groups in total. The number of methoxy groups -OCH3 is 4. The highest BCUT2D eigenvalue weighted by Gasteiger charge is 2.37. The highest BCUT2D eigenvalue weighted by Crippen LogP contribution is 2.29. The van der Waals surface area contributed by atoms with Gasteiger partial charge in [-0.05, 0) is 46.2 Å². The first kappa shape index (κ1) is 47.8. The molecule has 6 aromatic carbocycles. The van der Waals surface area contributed by atoms with E-state index in [1.807, 2.05) is 0 Å². The van der Waals surface area contributed by atoms with E-state index in [0.717, 1.165) is 28.4 Å². The Morgan fingerprint density at radius 3 is 0.710 bits per heavy atom. The lowest BCUT2D eigenvalue weighted by Crippen LogP contribution is -3.61. The fraction of sp³-hybridized carbons (Fsp3) is 0.250. The van der Waals surface area contributed by atoms with Crippen molar-refractivity contribution in [3.8, 4) is 23.0 Å². The van der Waals surface area contributed by atoms with E-state index in [1.54, 1.807) is 0 Å². The Hall–Kier alpha value is -5.25. The Bertz CT molecular complexity index is 2160. The topological polar surface area (TPSA) is 36.9 Å². The Morgan fingerprint density at radius 1 is 0.355 bits per heavy atom. The normalized spacial score (nSPS) is 11.8. The van der Waals surface area contributed by atoms with E-state index in [1.165, 1.54) is 18.3 Å². The largest absolute Gasteiger partial charge is 0.491 e. The third-order valence-electron chi connectivity index (χ3n) is 10.5. The van der Waals surface area contributed by atoms with Crippen LogP contribution in [0.15, 0.2) is 97.1 Å². The van der Waals surface area contributed by atoms with Gasteiger partial charge in [0.2, 0.25) is 0 Å². The quantitative estimate of drug-likeness (QED) is 0.0880. The van der Waals surface area contributed by atoms with Gasteiger partial charge in [0.05, 0.1) is 28.4 Å². The van der Waals surface area contributed by atoms with Gasteiger partial charge in [0.15, 0.2) is 76.7 Å². The van der Waals surface area contributed by atoms with E-state index >= 15 is 35.1 Å². The summed E-state index contributed by atoms with van der Waals surface area (Å²) in [4.78, 5) is 0. The minimum absolute atomic E-state index is 0.0703. The first-order chi connectivity index (χ1) is 29.1. The fourth-order valence-corrected chi connectivity index (χ4v) is 9.56. The zero-order valence-electron chi connectivity index (χ0n) is 35.8. The molecule has 0 aliphatic rings. The van der Waals surface area contributed by atoms with Crippen LogP contribution in [-0.2, 0) is 10.8 Å². The molecule has 0 aromatic heterocycles. The molecule has 0 unspecified atom stereocenters. The lowest BCUT2D eigenvalue weighted by molar-refractivity contribution is -0.597. The fourth-order valence-electron chi connectivity index (χ4n) is 7.40. The molecule has 0 saturated heterocycles. The molecule has 62 heavy (non-hydrogen) atoms. The van der Waals surface area contributed by atoms with Crippen molar-refractivity contribution in [2.45, 2.75) is 52.4 Å². The smallest absolute Gasteiger partial charge is 0.357 e. The molecule has 0 spiro atoms. The summed E-state index contributed by atoms with van der Waals surface area (Å²) in [7, 11) is 3.87. The number of rotatable bonds is 10. The predicted molar refractivity (Wildman–Crippen MR) is 224 cm³/mol. The van der Waals surface area contributed by atoms with Gasteiger partial charge >= 0.3 is 21.2 Å². The van der Waals surface area contributed by atoms with E-state index in [0.29, 0.717) is 48.5 Å². The van der Waals surface area contributed by atoms with Crippen LogP contribution in [0, 0.1) is 53.7 Å². The summed E-state index contributed by atoms with van der Waals surface area (Å²) in [6.45, 7) is 13.6. The highest BCUT2D eigenvalue weighted by molar-refractivity contribution is 7.19. The van der Waals surface area contributed by atoms with Crippen molar-refractivity contribution >= 4 is 28.0 Å². The standard InChI is InChI=1S/C28H20BF8O4.C20H26I/c1-38-25-17(30)5-13(6-18(25)31)29(14-7-19(32)26(39-2)20(33)8-14,15-9-21(34)27(40-3)22(35)10-15)16-11-23(36)28(41-4)24(37)12-16;1-19(2,3)15-7-11-17(12-8-15)21-18-13-9-16(10-14-18)20(4,5)6/h5-12H,1-4H3;7-14H,1-6H3/q-1;+1. The van der Waals surface area contributed by atoms with E-state index < -0.39 is 97.5 Å². The maximum Gasteiger partial charge on any atom is 0.357 e. The van der Waals surface area contributed by atoms with Crippen molar-refractivity contribution in [3.05, 3.63) is 162 Å². The molecular weight excluding hydrogens is 930 g/mol. The van der Waals surface area contributed by atoms with Crippen LogP contribution in [0.4, 0.5) is 35.1 Å². The SMILES string of the molecule is CC(C)(C)c1ccc([I+]c2ccc(C(C)(C)C)cc2)cc1.COc1c(F)cc([B-](c2cc(F)c(OC)c(F)c2)(c2cc(F)c(OC)c(F)c2)c2cc(F)c(OC)c(F)c2)cc1F. The van der Waals surface area contributed by atoms with E-state index in [4.69, 9.17) is 18.9 Å². The molecule has 0 bridgehead atoms. The van der Waals surface area contributed by atoms with Gasteiger partial charge in [0.1, 0.15) is 6.15 Å². The Balaban J connectivity index is 0.000000290. The van der Waals surface area contributed by atoms with Crippen LogP contribution in [0.1, 0.15) is 52.7 Å². The summed E-state index contributed by atoms with van der Waals surface area (Å²) in [5.74, 6) is -14.0. The van der Waals surface area contributed by atoms with Gasteiger partial charge in [0.25, 0.3) is 0 Å². The van der Waals surface area contributed by atoms with Gasteiger partial charge in [-0.2, -0.15) is 21.9 Å². The Morgan fingerprint density at radius 2 is 0.548 bits per heavy atom. The summed E-state index contributed by atoms with van der Waals surface area (Å²) >= 11 is -0.0703. The molecule has 4 nitrogen and oxygen atoms in total. The van der Waals surface area contributed by atoms with Crippen LogP contribution < -0.4 is 62.0 Å². The number of hydrogen-bond acceptors (Lipinski definition) is 4. The van der Waals surface area contributed by atoms with Gasteiger partial charge in [-0.1, -0.05) is 114 Å². The third-order valence-corrected chi connectivity index (χ3v) is 13.2. The number of halogens is 9. The molecule has 0 fully saturated rings. The van der Waals surface area contributed by atoms with Crippen LogP contribution >= 0.6 is 0 Å². The number of ether oxygens (including phenoxy) is 4. The molecule has 14 heteroatoms. The minimum Gasteiger partial charge on any atom is -0.491 e. The van der Waals surface area contributed by atoms with E-state index in [9.17, 15) is 0 Å². The maximum absolute atomic E-state index is 15.2. The summed E-state index contributed by atoms with van der Waals surface area (Å²) in [5, 5.41) is 0. The van der Waals surface area contributed by atoms with Crippen molar-refractivity contribution in [2.75, 3.05) is 28.4 Å². The molecule has 0 aliphatic heterocycles. The van der Waals surface area contributed by atoms with E-state index in [2.05, 4.69) is 90.1 Å². The van der Waals surface area contributed by atoms with Crippen LogP contribution in [0.2, 0.25) is 0 Å². The molecule has 6 rings (SSSR count). The molecule has 0 saturated carbocycles. The summed E-state index contributed by atoms with van der Waals surface area (Å²) in [5.41, 5.74) is 1.25. The molecule has 0 aliphatic carbocycles. The molecular formula is C48H46BF8IO4. The minimum atomic E-state index is -3.59. The van der Waals surface area contributed by atoms with Gasteiger partial charge in [-0.25, -0.2) is 35.1 Å². The van der Waals surface area contributed by atoms with Crippen molar-refractivity contribution in [3.63, 3.8) is 0 Å². The van der Waals surface area contributed by atoms with Crippen molar-refractivity contribution in [2.24, 2.45) is 0 Å². The van der Waals surface area contributed by atoms with Gasteiger partial charge < -0.3 is 18.9 Å². The number of hydrogen-bond donors (Lipinski definition) is 0. The molecule has 6 aromatic rings. The molecule has 0 atom stereocenters. The highest BCUT2D eigenvalue weighted by atomic mass is 127. The lowest BCUT2D eigenvalue weighted by Gasteiger charge is -2.44. The van der Waals surface area contributed by atoms with Crippen molar-refractivity contribution in [1.29, 1.82) is 0 Å². The maximum atomic E-state index is 15.2. The zero-order chi connectivity index (χ0) is 45.9. The Labute approximate surface area is 367 Å². The molecule has 328 valence electrons. The van der Waals surface area contributed by atoms with Crippen LogP contribution in [0.5, 0.6) is 23.0 Å². The van der Waals surface area contributed by atoms with Crippen molar-refractivity contribution in [1.82, 2.24) is 0 Å². The summed E-state index contributed by atoms with van der Waals surface area (Å²) in [6, 6.07) is 23.8. The molecule has 0 radical (unpaired) electrons. The second kappa shape index (κ2) is 19.0. The zero-order valence-corrected chi connectivity index (χ0v) is 38.0. The van der Waals surface area contributed by atoms with Crippen LogP contribution in [0.3, 0.4) is 0 Å². The number of benzene rings is 6.